The van der Waals surface area contributed by atoms with Crippen molar-refractivity contribution in [3.8, 4) is 11.5 Å². The van der Waals surface area contributed by atoms with Crippen molar-refractivity contribution in [2.24, 2.45) is 0 Å². The van der Waals surface area contributed by atoms with Crippen molar-refractivity contribution in [2.75, 3.05) is 5.73 Å². The molecule has 3 nitrogen and oxygen atoms in total. The summed E-state index contributed by atoms with van der Waals surface area (Å²) in [6, 6.07) is 12.7. The van der Waals surface area contributed by atoms with Gasteiger partial charge in [0.1, 0.15) is 5.75 Å². The molecule has 0 saturated heterocycles. The van der Waals surface area contributed by atoms with E-state index >= 15 is 0 Å². The lowest BCUT2D eigenvalue weighted by Crippen LogP contribution is -1.92. The SMILES string of the molecule is Nc1cc(Cl)c(Cl)cc1Oc1ccc2cccnc2c1. The lowest BCUT2D eigenvalue weighted by molar-refractivity contribution is 0.486. The molecule has 0 amide bonds. The number of nitrogens with two attached hydrogens (primary N) is 1. The van der Waals surface area contributed by atoms with Crippen LogP contribution < -0.4 is 10.5 Å². The second-order valence-corrected chi connectivity index (χ2v) is 5.08. The summed E-state index contributed by atoms with van der Waals surface area (Å²) in [5, 5.41) is 1.84. The number of nitrogens with zero attached hydrogens (tertiary/aromatic N) is 1. The van der Waals surface area contributed by atoms with Crippen LogP contribution in [0.3, 0.4) is 0 Å². The molecule has 2 aromatic carbocycles. The van der Waals surface area contributed by atoms with Gasteiger partial charge in [0.25, 0.3) is 0 Å². The van der Waals surface area contributed by atoms with Crippen molar-refractivity contribution in [3.05, 3.63) is 58.7 Å². The molecule has 0 unspecified atom stereocenters. The molecule has 100 valence electrons. The standard InChI is InChI=1S/C15H10Cl2N2O/c16-11-7-13(18)15(8-12(11)17)20-10-4-3-9-2-1-5-19-14(9)6-10/h1-8H,18H2. The Kier molecular flexibility index (Phi) is 3.38. The summed E-state index contributed by atoms with van der Waals surface area (Å²) in [5.74, 6) is 1.11. The average Bonchev–Trinajstić information content (AvgIpc) is 2.44. The van der Waals surface area contributed by atoms with Gasteiger partial charge in [-0.3, -0.25) is 4.98 Å². The third-order valence-corrected chi connectivity index (χ3v) is 3.58. The number of fused-ring (bicyclic) bond motifs is 1. The maximum absolute atomic E-state index is 5.97. The number of aromatic nitrogens is 1. The van der Waals surface area contributed by atoms with E-state index in [1.165, 1.54) is 0 Å². The summed E-state index contributed by atoms with van der Waals surface area (Å²) in [6.07, 6.45) is 1.74. The minimum absolute atomic E-state index is 0.398. The Labute approximate surface area is 125 Å². The van der Waals surface area contributed by atoms with E-state index < -0.39 is 0 Å². The van der Waals surface area contributed by atoms with Crippen LogP contribution in [0.15, 0.2) is 48.7 Å². The minimum Gasteiger partial charge on any atom is -0.455 e. The van der Waals surface area contributed by atoms with Gasteiger partial charge in [-0.2, -0.15) is 0 Å². The normalized spacial score (nSPS) is 10.7. The highest BCUT2D eigenvalue weighted by atomic mass is 35.5. The Hall–Kier alpha value is -1.97. The average molecular weight is 305 g/mol. The van der Waals surface area contributed by atoms with Gasteiger partial charge in [-0.25, -0.2) is 0 Å². The fourth-order valence-corrected chi connectivity index (χ4v) is 2.19. The second kappa shape index (κ2) is 5.19. The fraction of sp³-hybridized carbons (Fsp3) is 0. The van der Waals surface area contributed by atoms with E-state index in [1.54, 1.807) is 18.3 Å². The third kappa shape index (κ3) is 2.50. The molecule has 20 heavy (non-hydrogen) atoms. The zero-order chi connectivity index (χ0) is 14.1. The molecule has 0 saturated carbocycles. The molecule has 0 aliphatic carbocycles. The van der Waals surface area contributed by atoms with Crippen LogP contribution in [0.5, 0.6) is 11.5 Å². The molecule has 0 spiro atoms. The predicted molar refractivity (Wildman–Crippen MR) is 82.7 cm³/mol. The summed E-state index contributed by atoms with van der Waals surface area (Å²) >= 11 is 11.9. The van der Waals surface area contributed by atoms with Crippen molar-refractivity contribution in [1.29, 1.82) is 0 Å². The van der Waals surface area contributed by atoms with Crippen molar-refractivity contribution >= 4 is 39.8 Å². The van der Waals surface area contributed by atoms with Crippen LogP contribution in [0, 0.1) is 0 Å². The maximum atomic E-state index is 5.97. The number of rotatable bonds is 2. The van der Waals surface area contributed by atoms with Crippen LogP contribution in [0.1, 0.15) is 0 Å². The van der Waals surface area contributed by atoms with Crippen LogP contribution in [0.4, 0.5) is 5.69 Å². The zero-order valence-electron chi connectivity index (χ0n) is 10.3. The smallest absolute Gasteiger partial charge is 0.151 e. The van der Waals surface area contributed by atoms with Crippen molar-refractivity contribution in [2.45, 2.75) is 0 Å². The summed E-state index contributed by atoms with van der Waals surface area (Å²) in [6.45, 7) is 0. The van der Waals surface area contributed by atoms with Crippen LogP contribution >= 0.6 is 23.2 Å². The summed E-state index contributed by atoms with van der Waals surface area (Å²) in [7, 11) is 0. The van der Waals surface area contributed by atoms with Gasteiger partial charge in [-0.1, -0.05) is 29.3 Å². The summed E-state index contributed by atoms with van der Waals surface area (Å²) < 4.78 is 5.74. The van der Waals surface area contributed by atoms with E-state index in [0.717, 1.165) is 10.9 Å². The van der Waals surface area contributed by atoms with Crippen molar-refractivity contribution in [1.82, 2.24) is 4.98 Å². The van der Waals surface area contributed by atoms with E-state index in [9.17, 15) is 0 Å². The second-order valence-electron chi connectivity index (χ2n) is 4.26. The number of nitrogen functional groups attached to an aromatic ring is 1. The first-order chi connectivity index (χ1) is 9.63. The molecule has 0 aliphatic rings. The molecule has 0 radical (unpaired) electrons. The zero-order valence-corrected chi connectivity index (χ0v) is 11.8. The maximum Gasteiger partial charge on any atom is 0.151 e. The van der Waals surface area contributed by atoms with E-state index in [2.05, 4.69) is 4.98 Å². The van der Waals surface area contributed by atoms with Gasteiger partial charge >= 0.3 is 0 Å². The van der Waals surface area contributed by atoms with Crippen molar-refractivity contribution < 1.29 is 4.74 Å². The van der Waals surface area contributed by atoms with Gasteiger partial charge in [-0.15, -0.1) is 0 Å². The number of hydrogen-bond donors (Lipinski definition) is 1. The van der Waals surface area contributed by atoms with E-state index in [0.29, 0.717) is 27.2 Å². The Morgan fingerprint density at radius 2 is 1.80 bits per heavy atom. The number of pyridine rings is 1. The largest absolute Gasteiger partial charge is 0.455 e. The molecule has 5 heteroatoms. The Morgan fingerprint density at radius 1 is 1.00 bits per heavy atom. The third-order valence-electron chi connectivity index (χ3n) is 2.86. The molecular weight excluding hydrogens is 295 g/mol. The van der Waals surface area contributed by atoms with Crippen LogP contribution in [-0.4, -0.2) is 4.98 Å². The highest BCUT2D eigenvalue weighted by molar-refractivity contribution is 6.42. The van der Waals surface area contributed by atoms with E-state index in [4.69, 9.17) is 33.7 Å². The summed E-state index contributed by atoms with van der Waals surface area (Å²) in [5.41, 5.74) is 7.15. The predicted octanol–water partition coefficient (Wildman–Crippen LogP) is 4.92. The first-order valence-electron chi connectivity index (χ1n) is 5.90. The van der Waals surface area contributed by atoms with Gasteiger partial charge in [0.05, 0.1) is 21.2 Å². The van der Waals surface area contributed by atoms with E-state index in [-0.39, 0.29) is 0 Å². The van der Waals surface area contributed by atoms with Crippen molar-refractivity contribution in [3.63, 3.8) is 0 Å². The lowest BCUT2D eigenvalue weighted by Gasteiger charge is -2.10. The number of benzene rings is 2. The molecule has 3 rings (SSSR count). The molecule has 2 N–H and O–H groups in total. The number of halogens is 2. The quantitative estimate of drug-likeness (QED) is 0.684. The number of ether oxygens (including phenoxy) is 1. The Bertz CT molecular complexity index is 790. The van der Waals surface area contributed by atoms with E-state index in [1.807, 2.05) is 30.3 Å². The molecule has 0 atom stereocenters. The highest BCUT2D eigenvalue weighted by Gasteiger charge is 2.08. The first kappa shape index (κ1) is 13.0. The number of hydrogen-bond acceptors (Lipinski definition) is 3. The molecule has 0 fully saturated rings. The molecule has 0 aliphatic heterocycles. The highest BCUT2D eigenvalue weighted by Crippen LogP contribution is 2.35. The molecule has 1 heterocycles. The molecule has 1 aromatic heterocycles. The number of anilines is 1. The fourth-order valence-electron chi connectivity index (χ4n) is 1.87. The monoisotopic (exact) mass is 304 g/mol. The van der Waals surface area contributed by atoms with Gasteiger partial charge in [0.2, 0.25) is 0 Å². The van der Waals surface area contributed by atoms with Gasteiger partial charge < -0.3 is 10.5 Å². The van der Waals surface area contributed by atoms with Crippen LogP contribution in [0.25, 0.3) is 10.9 Å². The van der Waals surface area contributed by atoms with Gasteiger partial charge in [0.15, 0.2) is 5.75 Å². The lowest BCUT2D eigenvalue weighted by atomic mass is 10.2. The summed E-state index contributed by atoms with van der Waals surface area (Å²) in [4.78, 5) is 4.28. The first-order valence-corrected chi connectivity index (χ1v) is 6.66. The van der Waals surface area contributed by atoms with Crippen LogP contribution in [0.2, 0.25) is 10.0 Å². The minimum atomic E-state index is 0.398. The Balaban J connectivity index is 1.99. The van der Waals surface area contributed by atoms with Crippen LogP contribution in [-0.2, 0) is 0 Å². The topological polar surface area (TPSA) is 48.1 Å². The molecular formula is C15H10Cl2N2O. The molecule has 3 aromatic rings. The van der Waals surface area contributed by atoms with Gasteiger partial charge in [0, 0.05) is 23.7 Å². The Morgan fingerprint density at radius 3 is 2.65 bits per heavy atom. The van der Waals surface area contributed by atoms with Gasteiger partial charge in [-0.05, 0) is 24.3 Å². The molecule has 0 bridgehead atoms.